The van der Waals surface area contributed by atoms with E-state index in [0.29, 0.717) is 19.6 Å². The second-order valence-electron chi connectivity index (χ2n) is 7.55. The number of ether oxygens (including phenoxy) is 1. The van der Waals surface area contributed by atoms with Gasteiger partial charge in [0.05, 0.1) is 17.8 Å². The molecule has 1 amide bonds. The molecule has 1 fully saturated rings. The molecule has 2 aromatic carbocycles. The lowest BCUT2D eigenvalue weighted by atomic mass is 10.00. The molecule has 0 aliphatic carbocycles. The predicted octanol–water partition coefficient (Wildman–Crippen LogP) is 2.17. The van der Waals surface area contributed by atoms with Crippen molar-refractivity contribution in [1.29, 1.82) is 5.26 Å². The van der Waals surface area contributed by atoms with Crippen molar-refractivity contribution in [2.24, 2.45) is 7.05 Å². The maximum absolute atomic E-state index is 12.4. The van der Waals surface area contributed by atoms with E-state index in [2.05, 4.69) is 40.0 Å². The first kappa shape index (κ1) is 20.1. The highest BCUT2D eigenvalue weighted by Gasteiger charge is 2.23. The van der Waals surface area contributed by atoms with Crippen LogP contribution < -0.4 is 10.6 Å². The van der Waals surface area contributed by atoms with Crippen LogP contribution in [-0.4, -0.2) is 47.5 Å². The fourth-order valence-electron chi connectivity index (χ4n) is 3.69. The first-order valence-corrected chi connectivity index (χ1v) is 10.2. The number of amides is 1. The van der Waals surface area contributed by atoms with Crippen molar-refractivity contribution in [3.63, 3.8) is 0 Å². The molecule has 0 unspecified atom stereocenters. The molecule has 0 bridgehead atoms. The number of carbonyl (C=O) groups excluding carboxylic acids is 1. The average molecular weight is 403 g/mol. The van der Waals surface area contributed by atoms with E-state index in [0.717, 1.165) is 40.6 Å². The molecule has 0 saturated carbocycles. The summed E-state index contributed by atoms with van der Waals surface area (Å²) in [5.41, 5.74) is 4.30. The number of aromatic nitrogens is 2. The van der Waals surface area contributed by atoms with Crippen LogP contribution in [-0.2, 0) is 23.0 Å². The molecule has 1 aliphatic rings. The van der Waals surface area contributed by atoms with Gasteiger partial charge in [0.15, 0.2) is 0 Å². The monoisotopic (exact) mass is 403 g/mol. The molecule has 0 radical (unpaired) electrons. The van der Waals surface area contributed by atoms with Crippen LogP contribution in [0, 0.1) is 11.3 Å². The molecule has 4 rings (SSSR count). The Kier molecular flexibility index (Phi) is 6.07. The topological polar surface area (TPSA) is 92.0 Å². The highest BCUT2D eigenvalue weighted by molar-refractivity contribution is 5.84. The van der Waals surface area contributed by atoms with Crippen LogP contribution in [0.2, 0.25) is 0 Å². The Balaban J connectivity index is 1.41. The maximum atomic E-state index is 12.4. The Morgan fingerprint density at radius 2 is 2.13 bits per heavy atom. The summed E-state index contributed by atoms with van der Waals surface area (Å²) in [6, 6.07) is 16.0. The summed E-state index contributed by atoms with van der Waals surface area (Å²) < 4.78 is 7.42. The third-order valence-corrected chi connectivity index (χ3v) is 5.38. The van der Waals surface area contributed by atoms with E-state index in [9.17, 15) is 10.1 Å². The van der Waals surface area contributed by atoms with E-state index in [1.54, 1.807) is 0 Å². The maximum Gasteiger partial charge on any atom is 0.251 e. The molecule has 30 heavy (non-hydrogen) atoms. The summed E-state index contributed by atoms with van der Waals surface area (Å²) in [6.45, 7) is 1.86. The Labute approximate surface area is 175 Å². The number of hydrogen-bond acceptors (Lipinski definition) is 5. The normalized spacial score (nSPS) is 17.8. The van der Waals surface area contributed by atoms with Gasteiger partial charge >= 0.3 is 0 Å². The number of nitrogens with zero attached hydrogens (tertiary/aromatic N) is 3. The number of nitriles is 1. The summed E-state index contributed by atoms with van der Waals surface area (Å²) in [5.74, 6) is -0.239. The summed E-state index contributed by atoms with van der Waals surface area (Å²) in [5, 5.41) is 20.9. The second-order valence-corrected chi connectivity index (χ2v) is 7.55. The second kappa shape index (κ2) is 9.08. The SMILES string of the molecule is Cn1ncc2cc(-c3ccc(C[C@@H](C#N)NC(=O)[C@@H]4CNCCCO4)cc3)ccc21. The number of fused-ring (bicyclic) bond motifs is 1. The van der Waals surface area contributed by atoms with Crippen molar-refractivity contribution < 1.29 is 9.53 Å². The minimum Gasteiger partial charge on any atom is -0.367 e. The van der Waals surface area contributed by atoms with Gasteiger partial charge < -0.3 is 15.4 Å². The zero-order chi connectivity index (χ0) is 20.9. The molecule has 7 nitrogen and oxygen atoms in total. The molecule has 1 saturated heterocycles. The third-order valence-electron chi connectivity index (χ3n) is 5.38. The Hall–Kier alpha value is -3.21. The first-order chi connectivity index (χ1) is 14.6. The first-order valence-electron chi connectivity index (χ1n) is 10.2. The number of hydrogen-bond donors (Lipinski definition) is 2. The van der Waals surface area contributed by atoms with Gasteiger partial charge in [-0.15, -0.1) is 0 Å². The van der Waals surface area contributed by atoms with Gasteiger partial charge in [0.25, 0.3) is 5.91 Å². The fourth-order valence-corrected chi connectivity index (χ4v) is 3.69. The molecule has 0 spiro atoms. The van der Waals surface area contributed by atoms with E-state index in [1.807, 2.05) is 42.2 Å². The summed E-state index contributed by atoms with van der Waals surface area (Å²) in [7, 11) is 1.93. The number of nitrogens with one attached hydrogen (secondary N) is 2. The Morgan fingerprint density at radius 1 is 1.33 bits per heavy atom. The van der Waals surface area contributed by atoms with Crippen molar-refractivity contribution >= 4 is 16.8 Å². The number of rotatable bonds is 5. The molecular weight excluding hydrogens is 378 g/mol. The van der Waals surface area contributed by atoms with E-state index in [4.69, 9.17) is 4.74 Å². The minimum atomic E-state index is -0.595. The highest BCUT2D eigenvalue weighted by Crippen LogP contribution is 2.24. The van der Waals surface area contributed by atoms with Crippen LogP contribution in [0.5, 0.6) is 0 Å². The molecule has 2 heterocycles. The highest BCUT2D eigenvalue weighted by atomic mass is 16.5. The molecule has 154 valence electrons. The lowest BCUT2D eigenvalue weighted by molar-refractivity contribution is -0.132. The van der Waals surface area contributed by atoms with Crippen molar-refractivity contribution in [3.05, 3.63) is 54.2 Å². The Morgan fingerprint density at radius 3 is 2.93 bits per heavy atom. The molecule has 1 aliphatic heterocycles. The van der Waals surface area contributed by atoms with Crippen molar-refractivity contribution in [2.75, 3.05) is 19.7 Å². The van der Waals surface area contributed by atoms with Crippen molar-refractivity contribution in [3.8, 4) is 17.2 Å². The summed E-state index contributed by atoms with van der Waals surface area (Å²) >= 11 is 0. The standard InChI is InChI=1S/C23H25N5O2/c1-28-21-8-7-18(12-19(21)14-26-28)17-5-3-16(4-6-17)11-20(13-24)27-23(29)22-15-25-9-2-10-30-22/h3-8,12,14,20,22,25H,2,9-11,15H2,1H3,(H,27,29)/t20-,22-/m0/s1. The quantitative estimate of drug-likeness (QED) is 0.681. The minimum absolute atomic E-state index is 0.239. The van der Waals surface area contributed by atoms with E-state index < -0.39 is 12.1 Å². The van der Waals surface area contributed by atoms with Gasteiger partial charge in [-0.25, -0.2) is 0 Å². The molecule has 1 aromatic heterocycles. The van der Waals surface area contributed by atoms with E-state index in [-0.39, 0.29) is 5.91 Å². The van der Waals surface area contributed by atoms with Crippen molar-refractivity contribution in [2.45, 2.75) is 25.0 Å². The van der Waals surface area contributed by atoms with Crippen molar-refractivity contribution in [1.82, 2.24) is 20.4 Å². The predicted molar refractivity (Wildman–Crippen MR) is 115 cm³/mol. The molecular formula is C23H25N5O2. The Bertz CT molecular complexity index is 1060. The zero-order valence-electron chi connectivity index (χ0n) is 17.0. The summed E-state index contributed by atoms with van der Waals surface area (Å²) in [6.07, 6.45) is 2.64. The van der Waals surface area contributed by atoms with Gasteiger partial charge in [-0.2, -0.15) is 10.4 Å². The lowest BCUT2D eigenvalue weighted by Gasteiger charge is -2.18. The largest absolute Gasteiger partial charge is 0.367 e. The molecule has 3 aromatic rings. The van der Waals surface area contributed by atoms with Gasteiger partial charge in [0, 0.05) is 32.0 Å². The van der Waals surface area contributed by atoms with Crippen LogP contribution in [0.1, 0.15) is 12.0 Å². The van der Waals surface area contributed by atoms with Crippen LogP contribution in [0.3, 0.4) is 0 Å². The van der Waals surface area contributed by atoms with Crippen LogP contribution in [0.25, 0.3) is 22.0 Å². The summed E-state index contributed by atoms with van der Waals surface area (Å²) in [4.78, 5) is 12.4. The number of benzene rings is 2. The zero-order valence-corrected chi connectivity index (χ0v) is 17.0. The average Bonchev–Trinajstić information content (AvgIpc) is 2.96. The van der Waals surface area contributed by atoms with Gasteiger partial charge in [-0.05, 0) is 41.8 Å². The fraction of sp³-hybridized carbons (Fsp3) is 0.348. The molecule has 2 atom stereocenters. The van der Waals surface area contributed by atoms with Crippen LogP contribution in [0.15, 0.2) is 48.7 Å². The third kappa shape index (κ3) is 4.51. The van der Waals surface area contributed by atoms with E-state index in [1.165, 1.54) is 0 Å². The number of aryl methyl sites for hydroxylation is 1. The van der Waals surface area contributed by atoms with Gasteiger partial charge in [-0.3, -0.25) is 9.48 Å². The molecule has 7 heteroatoms. The molecule has 2 N–H and O–H groups in total. The smallest absolute Gasteiger partial charge is 0.251 e. The van der Waals surface area contributed by atoms with Crippen LogP contribution in [0.4, 0.5) is 0 Å². The van der Waals surface area contributed by atoms with Crippen LogP contribution >= 0.6 is 0 Å². The van der Waals surface area contributed by atoms with Gasteiger partial charge in [0.1, 0.15) is 12.1 Å². The lowest BCUT2D eigenvalue weighted by Crippen LogP contribution is -2.46. The van der Waals surface area contributed by atoms with Gasteiger partial charge in [0.2, 0.25) is 0 Å². The van der Waals surface area contributed by atoms with Gasteiger partial charge in [-0.1, -0.05) is 30.3 Å². The van der Waals surface area contributed by atoms with E-state index >= 15 is 0 Å². The number of carbonyl (C=O) groups is 1.